The van der Waals surface area contributed by atoms with Crippen LogP contribution in [-0.2, 0) is 0 Å². The third kappa shape index (κ3) is 2.03. The Balaban J connectivity index is 3.31. The van der Waals surface area contributed by atoms with Crippen molar-refractivity contribution in [3.8, 4) is 0 Å². The molecule has 0 radical (unpaired) electrons. The van der Waals surface area contributed by atoms with Gasteiger partial charge in [-0.15, -0.1) is 11.8 Å². The summed E-state index contributed by atoms with van der Waals surface area (Å²) in [5.74, 6) is 0. The molecule has 0 aliphatic rings. The Hall–Kier alpha value is -0.550. The number of hydrogen-bond acceptors (Lipinski definition) is 3. The summed E-state index contributed by atoms with van der Waals surface area (Å²) in [5.41, 5.74) is 0.835. The minimum atomic E-state index is -0.371. The van der Waals surface area contributed by atoms with Gasteiger partial charge in [-0.25, -0.2) is 0 Å². The summed E-state index contributed by atoms with van der Waals surface area (Å²) in [6.45, 7) is 1.74. The molecular weight excluding hydrogens is 254 g/mol. The molecule has 3 nitrogen and oxygen atoms in total. The van der Waals surface area contributed by atoms with Gasteiger partial charge in [0.25, 0.3) is 5.69 Å². The van der Waals surface area contributed by atoms with Gasteiger partial charge in [0.15, 0.2) is 0 Å². The second-order valence-corrected chi connectivity index (χ2v) is 4.12. The quantitative estimate of drug-likeness (QED) is 0.466. The highest BCUT2D eigenvalue weighted by Gasteiger charge is 2.14. The molecule has 1 rings (SSSR count). The van der Waals surface area contributed by atoms with E-state index in [1.165, 1.54) is 6.07 Å². The van der Waals surface area contributed by atoms with Crippen LogP contribution >= 0.6 is 27.7 Å². The maximum atomic E-state index is 10.6. The normalized spacial score (nSPS) is 10.1. The molecule has 0 atom stereocenters. The van der Waals surface area contributed by atoms with Crippen molar-refractivity contribution in [2.24, 2.45) is 0 Å². The average molecular weight is 262 g/mol. The maximum absolute atomic E-state index is 10.6. The molecule has 0 heterocycles. The highest BCUT2D eigenvalue weighted by atomic mass is 79.9. The van der Waals surface area contributed by atoms with Crippen LogP contribution in [0.5, 0.6) is 0 Å². The van der Waals surface area contributed by atoms with Gasteiger partial charge in [0, 0.05) is 21.0 Å². The molecular formula is C8H8BrNO2S. The third-order valence-corrected chi connectivity index (χ3v) is 3.80. The van der Waals surface area contributed by atoms with E-state index in [1.54, 1.807) is 24.8 Å². The summed E-state index contributed by atoms with van der Waals surface area (Å²) in [5, 5.41) is 10.6. The molecule has 0 aromatic heterocycles. The highest BCUT2D eigenvalue weighted by Crippen LogP contribution is 2.33. The number of nitrogens with zero attached hydrogens (tertiary/aromatic N) is 1. The van der Waals surface area contributed by atoms with Crippen LogP contribution in [0.25, 0.3) is 0 Å². The summed E-state index contributed by atoms with van der Waals surface area (Å²) in [6, 6.07) is 3.28. The minimum Gasteiger partial charge on any atom is -0.258 e. The molecule has 0 amide bonds. The van der Waals surface area contributed by atoms with Crippen molar-refractivity contribution in [3.05, 3.63) is 32.3 Å². The molecule has 0 N–H and O–H groups in total. The zero-order chi connectivity index (χ0) is 10.0. The zero-order valence-electron chi connectivity index (χ0n) is 7.20. The lowest BCUT2D eigenvalue weighted by Crippen LogP contribution is -1.92. The van der Waals surface area contributed by atoms with E-state index in [-0.39, 0.29) is 10.6 Å². The Morgan fingerprint density at radius 1 is 1.54 bits per heavy atom. The summed E-state index contributed by atoms with van der Waals surface area (Å²) >= 11 is 4.89. The molecule has 0 fully saturated rings. The molecule has 5 heteroatoms. The van der Waals surface area contributed by atoms with E-state index in [1.807, 2.05) is 6.26 Å². The first-order valence-corrected chi connectivity index (χ1v) is 5.57. The molecule has 0 unspecified atom stereocenters. The SMILES string of the molecule is CSc1ccc([N+](=O)[O-])c(C)c1Br. The first kappa shape index (κ1) is 10.5. The lowest BCUT2D eigenvalue weighted by atomic mass is 10.2. The van der Waals surface area contributed by atoms with Gasteiger partial charge in [0.1, 0.15) is 0 Å². The number of hydrogen-bond donors (Lipinski definition) is 0. The molecule has 1 aromatic carbocycles. The Morgan fingerprint density at radius 3 is 2.62 bits per heavy atom. The maximum Gasteiger partial charge on any atom is 0.273 e. The molecule has 0 bridgehead atoms. The summed E-state index contributed by atoms with van der Waals surface area (Å²) in [7, 11) is 0. The smallest absolute Gasteiger partial charge is 0.258 e. The summed E-state index contributed by atoms with van der Waals surface area (Å²) in [6.07, 6.45) is 1.94. The van der Waals surface area contributed by atoms with Crippen molar-refractivity contribution in [2.75, 3.05) is 6.26 Å². The van der Waals surface area contributed by atoms with E-state index in [0.29, 0.717) is 5.56 Å². The molecule has 0 aliphatic heterocycles. The van der Waals surface area contributed by atoms with Crippen LogP contribution in [0.4, 0.5) is 5.69 Å². The van der Waals surface area contributed by atoms with E-state index >= 15 is 0 Å². The Kier molecular flexibility index (Phi) is 3.33. The number of nitro groups is 1. The fraction of sp³-hybridized carbons (Fsp3) is 0.250. The van der Waals surface area contributed by atoms with E-state index < -0.39 is 0 Å². The van der Waals surface area contributed by atoms with E-state index in [9.17, 15) is 10.1 Å². The van der Waals surface area contributed by atoms with Crippen molar-refractivity contribution in [1.82, 2.24) is 0 Å². The molecule has 13 heavy (non-hydrogen) atoms. The zero-order valence-corrected chi connectivity index (χ0v) is 9.61. The van der Waals surface area contributed by atoms with Crippen molar-refractivity contribution in [1.29, 1.82) is 0 Å². The van der Waals surface area contributed by atoms with Crippen LogP contribution in [0.3, 0.4) is 0 Å². The molecule has 1 aromatic rings. The highest BCUT2D eigenvalue weighted by molar-refractivity contribution is 9.10. The van der Waals surface area contributed by atoms with Crippen LogP contribution in [-0.4, -0.2) is 11.2 Å². The van der Waals surface area contributed by atoms with E-state index in [4.69, 9.17) is 0 Å². The fourth-order valence-electron chi connectivity index (χ4n) is 1.01. The number of halogens is 1. The molecule has 0 saturated heterocycles. The summed E-state index contributed by atoms with van der Waals surface area (Å²) < 4.78 is 0.814. The van der Waals surface area contributed by atoms with Gasteiger partial charge in [-0.3, -0.25) is 10.1 Å². The second-order valence-electron chi connectivity index (χ2n) is 2.48. The van der Waals surface area contributed by atoms with Gasteiger partial charge in [0.2, 0.25) is 0 Å². The minimum absolute atomic E-state index is 0.157. The molecule has 0 aliphatic carbocycles. The van der Waals surface area contributed by atoms with Gasteiger partial charge in [0.05, 0.1) is 4.92 Å². The lowest BCUT2D eigenvalue weighted by Gasteiger charge is -2.04. The van der Waals surface area contributed by atoms with E-state index in [2.05, 4.69) is 15.9 Å². The molecule has 0 saturated carbocycles. The van der Waals surface area contributed by atoms with Crippen LogP contribution in [0.15, 0.2) is 21.5 Å². The predicted molar refractivity (Wildman–Crippen MR) is 57.3 cm³/mol. The Labute approximate surface area is 88.8 Å². The van der Waals surface area contributed by atoms with Crippen molar-refractivity contribution in [2.45, 2.75) is 11.8 Å². The topological polar surface area (TPSA) is 43.1 Å². The number of rotatable bonds is 2. The van der Waals surface area contributed by atoms with Crippen molar-refractivity contribution < 1.29 is 4.92 Å². The van der Waals surface area contributed by atoms with Gasteiger partial charge in [-0.2, -0.15) is 0 Å². The van der Waals surface area contributed by atoms with Gasteiger partial charge in [-0.1, -0.05) is 0 Å². The Bertz CT molecular complexity index is 354. The fourth-order valence-corrected chi connectivity index (χ4v) is 2.36. The first-order chi connectivity index (χ1) is 6.07. The van der Waals surface area contributed by atoms with E-state index in [0.717, 1.165) is 9.37 Å². The van der Waals surface area contributed by atoms with Crippen LogP contribution in [0.1, 0.15) is 5.56 Å². The third-order valence-electron chi connectivity index (χ3n) is 1.74. The average Bonchev–Trinajstić information content (AvgIpc) is 2.09. The lowest BCUT2D eigenvalue weighted by molar-refractivity contribution is -0.385. The van der Waals surface area contributed by atoms with Gasteiger partial charge in [-0.05, 0) is 35.2 Å². The van der Waals surface area contributed by atoms with Crippen LogP contribution < -0.4 is 0 Å². The second kappa shape index (κ2) is 4.11. The molecule has 0 spiro atoms. The largest absolute Gasteiger partial charge is 0.273 e. The van der Waals surface area contributed by atoms with Gasteiger partial charge >= 0.3 is 0 Å². The first-order valence-electron chi connectivity index (χ1n) is 3.55. The number of thioether (sulfide) groups is 1. The summed E-state index contributed by atoms with van der Waals surface area (Å²) in [4.78, 5) is 11.2. The van der Waals surface area contributed by atoms with Crippen LogP contribution in [0, 0.1) is 17.0 Å². The predicted octanol–water partition coefficient (Wildman–Crippen LogP) is 3.39. The number of nitro benzene ring substituents is 1. The van der Waals surface area contributed by atoms with Crippen molar-refractivity contribution >= 4 is 33.4 Å². The molecule has 70 valence electrons. The van der Waals surface area contributed by atoms with Gasteiger partial charge < -0.3 is 0 Å². The van der Waals surface area contributed by atoms with Crippen molar-refractivity contribution in [3.63, 3.8) is 0 Å². The monoisotopic (exact) mass is 261 g/mol. The standard InChI is InChI=1S/C8H8BrNO2S/c1-5-6(10(11)12)3-4-7(13-2)8(5)9/h3-4H,1-2H3. The number of benzene rings is 1. The van der Waals surface area contributed by atoms with Crippen LogP contribution in [0.2, 0.25) is 0 Å². The Morgan fingerprint density at radius 2 is 2.15 bits per heavy atom.